The predicted molar refractivity (Wildman–Crippen MR) is 88.6 cm³/mol. The summed E-state index contributed by atoms with van der Waals surface area (Å²) in [7, 11) is 0. The molecule has 1 aromatic heterocycles. The van der Waals surface area contributed by atoms with E-state index in [9.17, 15) is 0 Å². The number of halogens is 2. The minimum atomic E-state index is 0.670. The van der Waals surface area contributed by atoms with Crippen LogP contribution in [0.15, 0.2) is 53.1 Å². The molecule has 0 fully saturated rings. The summed E-state index contributed by atoms with van der Waals surface area (Å²) in [6.07, 6.45) is 1.74. The van der Waals surface area contributed by atoms with E-state index >= 15 is 0 Å². The summed E-state index contributed by atoms with van der Waals surface area (Å²) in [6, 6.07) is 13.4. The van der Waals surface area contributed by atoms with Crippen molar-refractivity contribution in [2.24, 2.45) is 0 Å². The maximum absolute atomic E-state index is 6.00. The van der Waals surface area contributed by atoms with Gasteiger partial charge in [-0.3, -0.25) is 4.98 Å². The quantitative estimate of drug-likeness (QED) is 0.642. The number of pyridine rings is 1. The largest absolute Gasteiger partial charge is 0.397 e. The molecule has 5 heteroatoms. The Kier molecular flexibility index (Phi) is 3.51. The molecule has 0 aliphatic carbocycles. The minimum Gasteiger partial charge on any atom is -0.397 e. The van der Waals surface area contributed by atoms with Gasteiger partial charge in [0, 0.05) is 27.4 Å². The lowest BCUT2D eigenvalue weighted by molar-refractivity contribution is 1.41. The van der Waals surface area contributed by atoms with E-state index in [-0.39, 0.29) is 0 Å². The van der Waals surface area contributed by atoms with E-state index in [1.165, 1.54) is 0 Å². The number of fused-ring (bicyclic) bond motifs is 1. The third-order valence-electron chi connectivity index (χ3n) is 3.00. The molecule has 1 heterocycles. The van der Waals surface area contributed by atoms with Crippen LogP contribution in [0.5, 0.6) is 0 Å². The van der Waals surface area contributed by atoms with E-state index in [0.29, 0.717) is 10.7 Å². The van der Waals surface area contributed by atoms with Gasteiger partial charge in [0.25, 0.3) is 0 Å². The van der Waals surface area contributed by atoms with Crippen LogP contribution in [0.4, 0.5) is 17.1 Å². The van der Waals surface area contributed by atoms with Gasteiger partial charge in [-0.1, -0.05) is 11.6 Å². The Bertz CT molecular complexity index is 789. The summed E-state index contributed by atoms with van der Waals surface area (Å²) < 4.78 is 0.849. The van der Waals surface area contributed by atoms with Crippen molar-refractivity contribution in [2.75, 3.05) is 11.1 Å². The molecule has 0 spiro atoms. The number of hydrogen-bond acceptors (Lipinski definition) is 3. The van der Waals surface area contributed by atoms with Crippen molar-refractivity contribution in [2.45, 2.75) is 0 Å². The third-order valence-corrected chi connectivity index (χ3v) is 4.21. The summed E-state index contributed by atoms with van der Waals surface area (Å²) in [5, 5.41) is 5.02. The summed E-state index contributed by atoms with van der Waals surface area (Å²) in [6.45, 7) is 0. The first-order valence-corrected chi connectivity index (χ1v) is 7.17. The molecule has 0 amide bonds. The molecule has 0 aliphatic heterocycles. The van der Waals surface area contributed by atoms with Crippen LogP contribution in [0.2, 0.25) is 5.02 Å². The molecule has 3 nitrogen and oxygen atoms in total. The van der Waals surface area contributed by atoms with E-state index in [4.69, 9.17) is 17.3 Å². The first-order chi connectivity index (χ1) is 9.65. The number of nitrogens with two attached hydrogens (primary N) is 1. The number of anilines is 3. The van der Waals surface area contributed by atoms with Crippen molar-refractivity contribution in [3.63, 3.8) is 0 Å². The van der Waals surface area contributed by atoms with Gasteiger partial charge in [-0.05, 0) is 58.4 Å². The van der Waals surface area contributed by atoms with E-state index in [1.807, 2.05) is 42.5 Å². The van der Waals surface area contributed by atoms with Crippen LogP contribution in [0.1, 0.15) is 0 Å². The van der Waals surface area contributed by atoms with Crippen LogP contribution in [0.25, 0.3) is 10.9 Å². The molecular formula is C15H11BrClN3. The van der Waals surface area contributed by atoms with Crippen molar-refractivity contribution in [1.29, 1.82) is 0 Å². The Labute approximate surface area is 129 Å². The SMILES string of the molecule is Nc1ccc(Nc2ccc(Cl)c(Br)c2)c2cccnc12. The average molecular weight is 349 g/mol. The zero-order chi connectivity index (χ0) is 14.1. The zero-order valence-corrected chi connectivity index (χ0v) is 12.7. The Morgan fingerprint density at radius 1 is 1.15 bits per heavy atom. The second-order valence-electron chi connectivity index (χ2n) is 4.36. The lowest BCUT2D eigenvalue weighted by atomic mass is 10.1. The lowest BCUT2D eigenvalue weighted by Crippen LogP contribution is -1.95. The van der Waals surface area contributed by atoms with Crippen LogP contribution >= 0.6 is 27.5 Å². The van der Waals surface area contributed by atoms with Gasteiger partial charge in [0.05, 0.1) is 16.2 Å². The first kappa shape index (κ1) is 13.2. The molecule has 100 valence electrons. The molecule has 0 radical (unpaired) electrons. The molecule has 2 aromatic carbocycles. The van der Waals surface area contributed by atoms with E-state index in [2.05, 4.69) is 26.2 Å². The van der Waals surface area contributed by atoms with Crippen molar-refractivity contribution < 1.29 is 0 Å². The number of benzene rings is 2. The van der Waals surface area contributed by atoms with Gasteiger partial charge < -0.3 is 11.1 Å². The summed E-state index contributed by atoms with van der Waals surface area (Å²) in [5.41, 5.74) is 9.31. The van der Waals surface area contributed by atoms with E-state index < -0.39 is 0 Å². The van der Waals surface area contributed by atoms with Crippen molar-refractivity contribution in [3.8, 4) is 0 Å². The summed E-state index contributed by atoms with van der Waals surface area (Å²) in [5.74, 6) is 0. The van der Waals surface area contributed by atoms with Crippen LogP contribution in [0, 0.1) is 0 Å². The second-order valence-corrected chi connectivity index (χ2v) is 5.62. The highest BCUT2D eigenvalue weighted by Gasteiger charge is 2.06. The number of nitrogens with zero attached hydrogens (tertiary/aromatic N) is 1. The molecule has 0 aliphatic rings. The Morgan fingerprint density at radius 2 is 2.00 bits per heavy atom. The number of nitrogens with one attached hydrogen (secondary N) is 1. The summed E-state index contributed by atoms with van der Waals surface area (Å²) >= 11 is 9.41. The predicted octanol–water partition coefficient (Wildman–Crippen LogP) is 4.98. The number of rotatable bonds is 2. The topological polar surface area (TPSA) is 50.9 Å². The highest BCUT2D eigenvalue weighted by molar-refractivity contribution is 9.10. The van der Waals surface area contributed by atoms with Crippen LogP contribution in [-0.2, 0) is 0 Å². The van der Waals surface area contributed by atoms with Crippen molar-refractivity contribution >= 4 is 55.5 Å². The third kappa shape index (κ3) is 2.44. The number of hydrogen-bond donors (Lipinski definition) is 2. The van der Waals surface area contributed by atoms with E-state index in [0.717, 1.165) is 26.8 Å². The molecule has 3 aromatic rings. The van der Waals surface area contributed by atoms with Gasteiger partial charge in [0.15, 0.2) is 0 Å². The van der Waals surface area contributed by atoms with E-state index in [1.54, 1.807) is 6.20 Å². The van der Waals surface area contributed by atoms with Crippen molar-refractivity contribution in [3.05, 3.63) is 58.2 Å². The minimum absolute atomic E-state index is 0.670. The maximum Gasteiger partial charge on any atom is 0.0951 e. The zero-order valence-electron chi connectivity index (χ0n) is 10.4. The highest BCUT2D eigenvalue weighted by Crippen LogP contribution is 2.31. The first-order valence-electron chi connectivity index (χ1n) is 6.00. The van der Waals surface area contributed by atoms with Gasteiger partial charge in [0.1, 0.15) is 0 Å². The van der Waals surface area contributed by atoms with Crippen LogP contribution in [0.3, 0.4) is 0 Å². The van der Waals surface area contributed by atoms with Gasteiger partial charge >= 0.3 is 0 Å². The second kappa shape index (κ2) is 5.31. The fourth-order valence-corrected chi connectivity index (χ4v) is 2.53. The molecule has 20 heavy (non-hydrogen) atoms. The highest BCUT2D eigenvalue weighted by atomic mass is 79.9. The standard InChI is InChI=1S/C15H11BrClN3/c16-11-8-9(3-4-12(11)17)20-14-6-5-13(18)15-10(14)2-1-7-19-15/h1-8,20H,18H2. The number of aromatic nitrogens is 1. The van der Waals surface area contributed by atoms with Gasteiger partial charge in [0.2, 0.25) is 0 Å². The normalized spacial score (nSPS) is 10.7. The van der Waals surface area contributed by atoms with Gasteiger partial charge in [-0.2, -0.15) is 0 Å². The van der Waals surface area contributed by atoms with Crippen LogP contribution < -0.4 is 11.1 Å². The Balaban J connectivity index is 2.06. The molecular weight excluding hydrogens is 338 g/mol. The molecule has 3 rings (SSSR count). The molecule has 3 N–H and O–H groups in total. The molecule has 0 bridgehead atoms. The lowest BCUT2D eigenvalue weighted by Gasteiger charge is -2.11. The van der Waals surface area contributed by atoms with Gasteiger partial charge in [-0.15, -0.1) is 0 Å². The average Bonchev–Trinajstić information content (AvgIpc) is 2.46. The molecule has 0 unspecified atom stereocenters. The van der Waals surface area contributed by atoms with Crippen molar-refractivity contribution in [1.82, 2.24) is 4.98 Å². The summed E-state index contributed by atoms with van der Waals surface area (Å²) in [4.78, 5) is 4.32. The molecule has 0 atom stereocenters. The fraction of sp³-hybridized carbons (Fsp3) is 0. The smallest absolute Gasteiger partial charge is 0.0951 e. The van der Waals surface area contributed by atoms with Crippen LogP contribution in [-0.4, -0.2) is 4.98 Å². The molecule has 0 saturated heterocycles. The Morgan fingerprint density at radius 3 is 2.80 bits per heavy atom. The maximum atomic E-state index is 6.00. The monoisotopic (exact) mass is 347 g/mol. The fourth-order valence-electron chi connectivity index (χ4n) is 2.03. The number of nitrogen functional groups attached to an aromatic ring is 1. The molecule has 0 saturated carbocycles. The van der Waals surface area contributed by atoms with Gasteiger partial charge in [-0.25, -0.2) is 0 Å². The Hall–Kier alpha value is -1.78.